The van der Waals surface area contributed by atoms with Crippen LogP contribution >= 0.6 is 27.5 Å². The summed E-state index contributed by atoms with van der Waals surface area (Å²) in [4.78, 5) is 32.6. The van der Waals surface area contributed by atoms with Gasteiger partial charge in [-0.2, -0.15) is 5.26 Å². The highest BCUT2D eigenvalue weighted by Gasteiger charge is 2.49. The first kappa shape index (κ1) is 19.8. The average molecular weight is 471 g/mol. The third-order valence-electron chi connectivity index (χ3n) is 5.51. The van der Waals surface area contributed by atoms with E-state index in [-0.39, 0.29) is 18.2 Å². The predicted molar refractivity (Wildman–Crippen MR) is 114 cm³/mol. The first-order chi connectivity index (χ1) is 13.9. The molecule has 29 heavy (non-hydrogen) atoms. The third kappa shape index (κ3) is 3.61. The maximum absolute atomic E-state index is 13.3. The number of hydrogen-bond donors (Lipinski definition) is 0. The van der Waals surface area contributed by atoms with Gasteiger partial charge in [0.1, 0.15) is 11.4 Å². The van der Waals surface area contributed by atoms with Crippen LogP contribution in [0.25, 0.3) is 0 Å². The summed E-state index contributed by atoms with van der Waals surface area (Å²) in [5.41, 5.74) is 1.40. The number of halogens is 2. The van der Waals surface area contributed by atoms with Gasteiger partial charge < -0.3 is 4.90 Å². The highest BCUT2D eigenvalue weighted by molar-refractivity contribution is 9.10. The highest BCUT2D eigenvalue weighted by atomic mass is 79.9. The van der Waals surface area contributed by atoms with E-state index < -0.39 is 5.66 Å². The molecule has 0 aromatic heterocycles. The van der Waals surface area contributed by atoms with Gasteiger partial charge >= 0.3 is 0 Å². The van der Waals surface area contributed by atoms with Crippen molar-refractivity contribution < 1.29 is 9.59 Å². The number of carbonyl (C=O) groups excluding carboxylic acids is 2. The van der Waals surface area contributed by atoms with Crippen molar-refractivity contribution in [2.24, 2.45) is 4.99 Å². The van der Waals surface area contributed by atoms with Crippen LogP contribution in [0.2, 0.25) is 5.02 Å². The average Bonchev–Trinajstić information content (AvgIpc) is 3.30. The summed E-state index contributed by atoms with van der Waals surface area (Å²) < 4.78 is 0.642. The molecule has 0 N–H and O–H groups in total. The maximum Gasteiger partial charge on any atom is 0.275 e. The van der Waals surface area contributed by atoms with Gasteiger partial charge in [0.05, 0.1) is 23.2 Å². The van der Waals surface area contributed by atoms with Gasteiger partial charge in [0.2, 0.25) is 0 Å². The van der Waals surface area contributed by atoms with Crippen LogP contribution in [0.15, 0.2) is 51.9 Å². The number of nitrogens with zero attached hydrogens (tertiary/aromatic N) is 3. The standard InChI is InChI=1S/C22H17BrClN3O2/c23-17-11-16(7-8-18(17)24)19(28)13-27-21(29)20(26-22(27)9-1-2-10-22)15-5-3-14(12-25)4-6-15/h3-8,11H,1-2,9-10,13H2. The minimum atomic E-state index is -0.653. The van der Waals surface area contributed by atoms with Crippen LogP contribution in [0.3, 0.4) is 0 Å². The lowest BCUT2D eigenvalue weighted by Gasteiger charge is -2.32. The van der Waals surface area contributed by atoms with Gasteiger partial charge in [0.15, 0.2) is 5.78 Å². The summed E-state index contributed by atoms with van der Waals surface area (Å²) in [7, 11) is 0. The number of carbonyl (C=O) groups is 2. The van der Waals surface area contributed by atoms with Crippen molar-refractivity contribution in [3.05, 3.63) is 68.7 Å². The molecule has 7 heteroatoms. The Balaban J connectivity index is 1.64. The van der Waals surface area contributed by atoms with Crippen LogP contribution in [0.4, 0.5) is 0 Å². The summed E-state index contributed by atoms with van der Waals surface area (Å²) in [5, 5.41) is 9.52. The number of benzene rings is 2. The molecule has 1 aliphatic carbocycles. The highest BCUT2D eigenvalue weighted by Crippen LogP contribution is 2.41. The zero-order valence-electron chi connectivity index (χ0n) is 15.5. The molecule has 1 fully saturated rings. The van der Waals surface area contributed by atoms with Crippen molar-refractivity contribution >= 4 is 44.9 Å². The summed E-state index contributed by atoms with van der Waals surface area (Å²) in [6.07, 6.45) is 3.43. The topological polar surface area (TPSA) is 73.5 Å². The zero-order chi connectivity index (χ0) is 20.6. The van der Waals surface area contributed by atoms with Gasteiger partial charge in [-0.15, -0.1) is 0 Å². The van der Waals surface area contributed by atoms with Crippen LogP contribution in [0.1, 0.15) is 47.2 Å². The molecule has 1 aliphatic heterocycles. The molecule has 0 bridgehead atoms. The Morgan fingerprint density at radius 2 is 1.90 bits per heavy atom. The van der Waals surface area contributed by atoms with Crippen molar-refractivity contribution in [3.63, 3.8) is 0 Å². The van der Waals surface area contributed by atoms with E-state index in [1.54, 1.807) is 47.4 Å². The van der Waals surface area contributed by atoms with Gasteiger partial charge in [-0.1, -0.05) is 23.7 Å². The molecular weight excluding hydrogens is 454 g/mol. The van der Waals surface area contributed by atoms with Crippen LogP contribution in [-0.4, -0.2) is 34.5 Å². The van der Waals surface area contributed by atoms with Gasteiger partial charge in [0, 0.05) is 15.6 Å². The second-order valence-electron chi connectivity index (χ2n) is 7.28. The molecule has 1 heterocycles. The lowest BCUT2D eigenvalue weighted by atomic mass is 10.1. The fourth-order valence-corrected chi connectivity index (χ4v) is 4.47. The molecule has 2 aliphatic rings. The SMILES string of the molecule is N#Cc1ccc(C2=NC3(CCCC3)N(CC(=O)c3ccc(Cl)c(Br)c3)C2=O)cc1. The lowest BCUT2D eigenvalue weighted by molar-refractivity contribution is -0.127. The normalized spacial score (nSPS) is 17.5. The Morgan fingerprint density at radius 3 is 2.52 bits per heavy atom. The Bertz CT molecular complexity index is 1070. The monoisotopic (exact) mass is 469 g/mol. The molecule has 0 unspecified atom stereocenters. The van der Waals surface area contributed by atoms with E-state index in [1.165, 1.54) is 0 Å². The minimum absolute atomic E-state index is 0.0316. The number of hydrogen-bond acceptors (Lipinski definition) is 4. The number of nitriles is 1. The van der Waals surface area contributed by atoms with Crippen LogP contribution in [0, 0.1) is 11.3 Å². The second-order valence-corrected chi connectivity index (χ2v) is 8.54. The first-order valence-corrected chi connectivity index (χ1v) is 10.5. The Hall–Kier alpha value is -2.49. The van der Waals surface area contributed by atoms with E-state index >= 15 is 0 Å². The second kappa shape index (κ2) is 7.74. The number of Topliss-reactive ketones (excluding diaryl/α,β-unsaturated/α-hetero) is 1. The molecule has 4 rings (SSSR count). The number of rotatable bonds is 4. The maximum atomic E-state index is 13.3. The first-order valence-electron chi connectivity index (χ1n) is 9.34. The van der Waals surface area contributed by atoms with Crippen molar-refractivity contribution in [2.75, 3.05) is 6.54 Å². The number of aliphatic imine (C=N–C) groups is 1. The van der Waals surface area contributed by atoms with Crippen molar-refractivity contribution in [2.45, 2.75) is 31.3 Å². The Labute approximate surface area is 182 Å². The molecule has 0 radical (unpaired) electrons. The van der Waals surface area contributed by atoms with Crippen LogP contribution < -0.4 is 0 Å². The lowest BCUT2D eigenvalue weighted by Crippen LogP contribution is -2.47. The van der Waals surface area contributed by atoms with E-state index in [0.29, 0.717) is 31.9 Å². The largest absolute Gasteiger partial charge is 0.305 e. The molecule has 1 saturated carbocycles. The summed E-state index contributed by atoms with van der Waals surface area (Å²) >= 11 is 9.36. The van der Waals surface area contributed by atoms with Crippen molar-refractivity contribution in [3.8, 4) is 6.07 Å². The fourth-order valence-electron chi connectivity index (χ4n) is 3.97. The van der Waals surface area contributed by atoms with E-state index in [0.717, 1.165) is 25.7 Å². The van der Waals surface area contributed by atoms with Crippen molar-refractivity contribution in [1.29, 1.82) is 5.26 Å². The smallest absolute Gasteiger partial charge is 0.275 e. The molecule has 5 nitrogen and oxygen atoms in total. The molecule has 0 atom stereocenters. The van der Waals surface area contributed by atoms with E-state index in [4.69, 9.17) is 21.9 Å². The summed E-state index contributed by atoms with van der Waals surface area (Å²) in [5.74, 6) is -0.392. The van der Waals surface area contributed by atoms with Gasteiger partial charge in [-0.05, 0) is 71.9 Å². The quantitative estimate of drug-likeness (QED) is 0.605. The predicted octanol–water partition coefficient (Wildman–Crippen LogP) is 4.76. The zero-order valence-corrected chi connectivity index (χ0v) is 17.8. The molecule has 146 valence electrons. The molecule has 1 spiro atoms. The molecule has 2 aromatic rings. The van der Waals surface area contributed by atoms with Gasteiger partial charge in [0.25, 0.3) is 5.91 Å². The number of amides is 1. The fraction of sp³-hybridized carbons (Fsp3) is 0.273. The van der Waals surface area contributed by atoms with Crippen molar-refractivity contribution in [1.82, 2.24) is 4.90 Å². The summed E-state index contributed by atoms with van der Waals surface area (Å²) in [6, 6.07) is 13.9. The Kier molecular flexibility index (Phi) is 5.28. The van der Waals surface area contributed by atoms with Gasteiger partial charge in [-0.25, -0.2) is 0 Å². The Morgan fingerprint density at radius 1 is 1.21 bits per heavy atom. The van der Waals surface area contributed by atoms with E-state index in [9.17, 15) is 9.59 Å². The molecule has 0 saturated heterocycles. The van der Waals surface area contributed by atoms with Gasteiger partial charge in [-0.3, -0.25) is 14.6 Å². The number of ketones is 1. The van der Waals surface area contributed by atoms with Crippen LogP contribution in [-0.2, 0) is 4.79 Å². The van der Waals surface area contributed by atoms with Crippen LogP contribution in [0.5, 0.6) is 0 Å². The minimum Gasteiger partial charge on any atom is -0.305 e. The molecule has 2 aromatic carbocycles. The van der Waals surface area contributed by atoms with E-state index in [2.05, 4.69) is 22.0 Å². The molecule has 1 amide bonds. The molecular formula is C22H17BrClN3O2. The van der Waals surface area contributed by atoms with E-state index in [1.807, 2.05) is 0 Å². The summed E-state index contributed by atoms with van der Waals surface area (Å²) in [6.45, 7) is -0.0316. The third-order valence-corrected chi connectivity index (χ3v) is 6.72.